The van der Waals surface area contributed by atoms with Crippen LogP contribution in [0.1, 0.15) is 6.42 Å². The lowest BCUT2D eigenvalue weighted by molar-refractivity contribution is -0.167. The Labute approximate surface area is 175 Å². The third kappa shape index (κ3) is 4.96. The minimum absolute atomic E-state index is 0.00575. The molecular weight excluding hydrogens is 463 g/mol. The zero-order valence-corrected chi connectivity index (χ0v) is 17.0. The molecule has 166 valence electrons. The van der Waals surface area contributed by atoms with E-state index in [1.807, 2.05) is 0 Å². The number of nitrogens with zero attached hydrogens (tertiary/aromatic N) is 1. The molecule has 0 bridgehead atoms. The predicted molar refractivity (Wildman–Crippen MR) is 104 cm³/mol. The van der Waals surface area contributed by atoms with Crippen molar-refractivity contribution in [3.8, 4) is 0 Å². The minimum atomic E-state index is -5.06. The maximum absolute atomic E-state index is 12.5. The van der Waals surface area contributed by atoms with Crippen LogP contribution >= 0.6 is 0 Å². The number of hydrogen-bond donors (Lipinski definition) is 2. The lowest BCUT2D eigenvalue weighted by atomic mass is 10.3. The number of anilines is 3. The highest BCUT2D eigenvalue weighted by atomic mass is 32.2. The molecule has 0 spiro atoms. The van der Waals surface area contributed by atoms with E-state index in [-0.39, 0.29) is 34.1 Å². The average Bonchev–Trinajstić information content (AvgIpc) is 2.95. The molecule has 2 aromatic rings. The summed E-state index contributed by atoms with van der Waals surface area (Å²) in [6.45, 7) is 0. The molecule has 0 aliphatic carbocycles. The van der Waals surface area contributed by atoms with E-state index >= 15 is 0 Å². The second kappa shape index (κ2) is 7.85. The Morgan fingerprint density at radius 1 is 0.968 bits per heavy atom. The van der Waals surface area contributed by atoms with E-state index < -0.39 is 38.0 Å². The van der Waals surface area contributed by atoms with Crippen molar-refractivity contribution in [2.75, 3.05) is 20.1 Å². The van der Waals surface area contributed by atoms with Gasteiger partial charge in [0.2, 0.25) is 15.9 Å². The normalized spacial score (nSPS) is 16.2. The van der Waals surface area contributed by atoms with Crippen molar-refractivity contribution in [2.45, 2.75) is 17.5 Å². The van der Waals surface area contributed by atoms with Crippen LogP contribution < -0.4 is 14.3 Å². The molecule has 2 N–H and O–H groups in total. The van der Waals surface area contributed by atoms with Crippen molar-refractivity contribution in [3.63, 3.8) is 0 Å². The molecular formula is C17H14F3N3O6S2. The summed E-state index contributed by atoms with van der Waals surface area (Å²) < 4.78 is 88.4. The van der Waals surface area contributed by atoms with Crippen molar-refractivity contribution in [3.05, 3.63) is 48.5 Å². The van der Waals surface area contributed by atoms with Crippen LogP contribution in [0.15, 0.2) is 53.4 Å². The van der Waals surface area contributed by atoms with E-state index in [1.165, 1.54) is 12.1 Å². The largest absolute Gasteiger partial charge is 0.471 e. The van der Waals surface area contributed by atoms with Gasteiger partial charge in [0.05, 0.1) is 16.3 Å². The molecule has 1 saturated heterocycles. The van der Waals surface area contributed by atoms with Crippen molar-refractivity contribution >= 4 is 48.9 Å². The second-order valence-electron chi connectivity index (χ2n) is 6.35. The molecule has 9 nitrogen and oxygen atoms in total. The van der Waals surface area contributed by atoms with Gasteiger partial charge in [0.15, 0.2) is 0 Å². The highest BCUT2D eigenvalue weighted by Crippen LogP contribution is 2.27. The Balaban J connectivity index is 1.74. The lowest BCUT2D eigenvalue weighted by Gasteiger charge is -2.15. The molecule has 1 fully saturated rings. The summed E-state index contributed by atoms with van der Waals surface area (Å²) in [6, 6.07) is 9.01. The average molecular weight is 477 g/mol. The highest BCUT2D eigenvalue weighted by molar-refractivity contribution is 7.94. The Bertz CT molecular complexity index is 1230. The number of nitrogens with one attached hydrogen (secondary N) is 2. The van der Waals surface area contributed by atoms with Gasteiger partial charge in [-0.3, -0.25) is 14.3 Å². The van der Waals surface area contributed by atoms with Crippen LogP contribution in [-0.2, 0) is 29.6 Å². The fraction of sp³-hybridized carbons (Fsp3) is 0.176. The van der Waals surface area contributed by atoms with Gasteiger partial charge in [-0.05, 0) is 48.5 Å². The minimum Gasteiger partial charge on any atom is -0.318 e. The molecule has 31 heavy (non-hydrogen) atoms. The van der Waals surface area contributed by atoms with E-state index in [9.17, 15) is 39.6 Å². The van der Waals surface area contributed by atoms with Crippen LogP contribution in [0.3, 0.4) is 0 Å². The molecule has 14 heteroatoms. The van der Waals surface area contributed by atoms with Gasteiger partial charge < -0.3 is 5.32 Å². The highest BCUT2D eigenvalue weighted by Gasteiger charge is 2.38. The van der Waals surface area contributed by atoms with E-state index in [4.69, 9.17) is 0 Å². The molecule has 0 aromatic heterocycles. The fourth-order valence-corrected chi connectivity index (χ4v) is 5.19. The number of benzene rings is 2. The maximum Gasteiger partial charge on any atom is 0.471 e. The molecule has 3 rings (SSSR count). The molecule has 1 heterocycles. The molecule has 0 unspecified atom stereocenters. The van der Waals surface area contributed by atoms with Crippen molar-refractivity contribution in [2.24, 2.45) is 0 Å². The predicted octanol–water partition coefficient (Wildman–Crippen LogP) is 2.05. The zero-order valence-electron chi connectivity index (χ0n) is 15.4. The van der Waals surface area contributed by atoms with Crippen LogP contribution in [0.2, 0.25) is 0 Å². The summed E-state index contributed by atoms with van der Waals surface area (Å²) in [7, 11) is -7.92. The van der Waals surface area contributed by atoms with E-state index in [1.54, 1.807) is 5.32 Å². The van der Waals surface area contributed by atoms with Gasteiger partial charge in [-0.25, -0.2) is 21.1 Å². The zero-order chi connectivity index (χ0) is 23.0. The number of sulfonamides is 2. The number of carbonyl (C=O) groups is 2. The van der Waals surface area contributed by atoms with Gasteiger partial charge in [0.25, 0.3) is 10.0 Å². The standard InChI is InChI=1S/C17H14F3N3O6S2/c18-17(19,20)16(25)21-11-1-3-12(4-2-11)22-31(28,29)14-7-5-13(6-8-14)23-15(24)9-10-30(23,26)27/h1-8,22H,9-10H2,(H,21,25). The first-order valence-electron chi connectivity index (χ1n) is 8.46. The molecule has 0 radical (unpaired) electrons. The van der Waals surface area contributed by atoms with E-state index in [0.717, 1.165) is 36.4 Å². The van der Waals surface area contributed by atoms with Gasteiger partial charge in [0, 0.05) is 17.8 Å². The number of carbonyl (C=O) groups excluding carboxylic acids is 2. The number of rotatable bonds is 5. The molecule has 2 aromatic carbocycles. The van der Waals surface area contributed by atoms with Crippen LogP contribution in [0, 0.1) is 0 Å². The molecule has 0 atom stereocenters. The maximum atomic E-state index is 12.5. The van der Waals surface area contributed by atoms with Gasteiger partial charge in [0.1, 0.15) is 0 Å². The molecule has 1 aliphatic heterocycles. The quantitative estimate of drug-likeness (QED) is 0.678. The first kappa shape index (κ1) is 22.6. The summed E-state index contributed by atoms with van der Waals surface area (Å²) in [5, 5.41) is 1.62. The van der Waals surface area contributed by atoms with E-state index in [0.29, 0.717) is 4.31 Å². The third-order valence-corrected chi connectivity index (χ3v) is 7.20. The SMILES string of the molecule is O=C1CCS(=O)(=O)N1c1ccc(S(=O)(=O)Nc2ccc(NC(=O)C(F)(F)F)cc2)cc1. The van der Waals surface area contributed by atoms with Crippen LogP contribution in [0.25, 0.3) is 0 Å². The lowest BCUT2D eigenvalue weighted by Crippen LogP contribution is -2.29. The number of amides is 2. The first-order valence-corrected chi connectivity index (χ1v) is 11.6. The monoisotopic (exact) mass is 477 g/mol. The Kier molecular flexibility index (Phi) is 5.71. The fourth-order valence-electron chi connectivity index (χ4n) is 2.67. The van der Waals surface area contributed by atoms with Crippen molar-refractivity contribution in [1.29, 1.82) is 0 Å². The Hall–Kier alpha value is -3.13. The molecule has 2 amide bonds. The Morgan fingerprint density at radius 3 is 2.00 bits per heavy atom. The van der Waals surface area contributed by atoms with Crippen LogP contribution in [-0.4, -0.2) is 40.6 Å². The molecule has 1 aliphatic rings. The Morgan fingerprint density at radius 2 is 1.52 bits per heavy atom. The van der Waals surface area contributed by atoms with Gasteiger partial charge in [-0.1, -0.05) is 0 Å². The number of alkyl halides is 3. The third-order valence-electron chi connectivity index (χ3n) is 4.11. The van der Waals surface area contributed by atoms with Gasteiger partial charge in [-0.15, -0.1) is 0 Å². The summed E-state index contributed by atoms with van der Waals surface area (Å²) in [6.07, 6.45) is -5.23. The number of hydrogen-bond acceptors (Lipinski definition) is 6. The van der Waals surface area contributed by atoms with Crippen molar-refractivity contribution in [1.82, 2.24) is 0 Å². The summed E-state index contributed by atoms with van der Waals surface area (Å²) in [5.74, 6) is -3.11. The summed E-state index contributed by atoms with van der Waals surface area (Å²) >= 11 is 0. The molecule has 0 saturated carbocycles. The van der Waals surface area contributed by atoms with Gasteiger partial charge in [-0.2, -0.15) is 13.2 Å². The number of halogens is 3. The second-order valence-corrected chi connectivity index (χ2v) is 9.97. The van der Waals surface area contributed by atoms with Crippen LogP contribution in [0.4, 0.5) is 30.2 Å². The smallest absolute Gasteiger partial charge is 0.318 e. The van der Waals surface area contributed by atoms with E-state index in [2.05, 4.69) is 4.72 Å². The summed E-state index contributed by atoms with van der Waals surface area (Å²) in [5.41, 5.74) is -0.177. The topological polar surface area (TPSA) is 130 Å². The first-order chi connectivity index (χ1) is 14.3. The summed E-state index contributed by atoms with van der Waals surface area (Å²) in [4.78, 5) is 22.5. The van der Waals surface area contributed by atoms with Crippen LogP contribution in [0.5, 0.6) is 0 Å². The van der Waals surface area contributed by atoms with Gasteiger partial charge >= 0.3 is 12.1 Å². The van der Waals surface area contributed by atoms with Crippen molar-refractivity contribution < 1.29 is 39.6 Å².